The van der Waals surface area contributed by atoms with Gasteiger partial charge in [0, 0.05) is 18.4 Å². The van der Waals surface area contributed by atoms with E-state index in [4.69, 9.17) is 0 Å². The SMILES string of the molecule is CCCCNC(=O)c1ccc(Nc2c(C)cccc2CC)nc1. The first-order valence-electron chi connectivity index (χ1n) is 8.25. The minimum absolute atomic E-state index is 0.0670. The summed E-state index contributed by atoms with van der Waals surface area (Å²) >= 11 is 0. The van der Waals surface area contributed by atoms with Gasteiger partial charge in [-0.3, -0.25) is 4.79 Å². The number of nitrogens with zero attached hydrogens (tertiary/aromatic N) is 1. The zero-order valence-electron chi connectivity index (χ0n) is 14.1. The zero-order chi connectivity index (χ0) is 16.7. The molecule has 4 heteroatoms. The lowest BCUT2D eigenvalue weighted by atomic mass is 10.1. The number of benzene rings is 1. The summed E-state index contributed by atoms with van der Waals surface area (Å²) in [6.45, 7) is 7.02. The number of aromatic nitrogens is 1. The molecule has 0 unspecified atom stereocenters. The number of amides is 1. The van der Waals surface area contributed by atoms with Gasteiger partial charge in [-0.25, -0.2) is 4.98 Å². The molecule has 2 rings (SSSR count). The summed E-state index contributed by atoms with van der Waals surface area (Å²) in [5.41, 5.74) is 4.13. The quantitative estimate of drug-likeness (QED) is 0.753. The molecule has 1 amide bonds. The molecule has 0 saturated carbocycles. The molecule has 0 radical (unpaired) electrons. The topological polar surface area (TPSA) is 54.0 Å². The van der Waals surface area contributed by atoms with Gasteiger partial charge >= 0.3 is 0 Å². The molecule has 23 heavy (non-hydrogen) atoms. The van der Waals surface area contributed by atoms with Crippen LogP contribution in [-0.4, -0.2) is 17.4 Å². The average molecular weight is 311 g/mol. The molecule has 4 nitrogen and oxygen atoms in total. The summed E-state index contributed by atoms with van der Waals surface area (Å²) < 4.78 is 0. The van der Waals surface area contributed by atoms with Crippen LogP contribution in [0.5, 0.6) is 0 Å². The van der Waals surface area contributed by atoms with Gasteiger partial charge in [-0.1, -0.05) is 38.5 Å². The molecular formula is C19H25N3O. The zero-order valence-corrected chi connectivity index (χ0v) is 14.1. The number of unbranched alkanes of at least 4 members (excludes halogenated alkanes) is 1. The van der Waals surface area contributed by atoms with Gasteiger partial charge in [0.05, 0.1) is 5.56 Å². The van der Waals surface area contributed by atoms with Crippen molar-refractivity contribution in [2.75, 3.05) is 11.9 Å². The van der Waals surface area contributed by atoms with Crippen LogP contribution in [-0.2, 0) is 6.42 Å². The third kappa shape index (κ3) is 4.55. The molecule has 0 fully saturated rings. The predicted octanol–water partition coefficient (Wildman–Crippen LogP) is 4.23. The minimum Gasteiger partial charge on any atom is -0.352 e. The second-order valence-electron chi connectivity index (χ2n) is 5.63. The van der Waals surface area contributed by atoms with Crippen LogP contribution in [0.3, 0.4) is 0 Å². The van der Waals surface area contributed by atoms with Crippen LogP contribution in [0.2, 0.25) is 0 Å². The fraction of sp³-hybridized carbons (Fsp3) is 0.368. The highest BCUT2D eigenvalue weighted by Gasteiger charge is 2.08. The average Bonchev–Trinajstić information content (AvgIpc) is 2.57. The molecule has 1 heterocycles. The van der Waals surface area contributed by atoms with E-state index in [-0.39, 0.29) is 5.91 Å². The van der Waals surface area contributed by atoms with E-state index in [0.717, 1.165) is 30.8 Å². The van der Waals surface area contributed by atoms with Crippen molar-refractivity contribution in [2.45, 2.75) is 40.0 Å². The molecule has 0 bridgehead atoms. The minimum atomic E-state index is -0.0670. The number of rotatable bonds is 7. The van der Waals surface area contributed by atoms with Crippen LogP contribution < -0.4 is 10.6 Å². The van der Waals surface area contributed by atoms with Gasteiger partial charge in [0.15, 0.2) is 0 Å². The molecule has 2 aromatic rings. The van der Waals surface area contributed by atoms with Crippen LogP contribution in [0.4, 0.5) is 11.5 Å². The smallest absolute Gasteiger partial charge is 0.252 e. The van der Waals surface area contributed by atoms with Gasteiger partial charge in [-0.15, -0.1) is 0 Å². The largest absolute Gasteiger partial charge is 0.352 e. The Morgan fingerprint density at radius 1 is 1.17 bits per heavy atom. The number of aryl methyl sites for hydroxylation is 2. The Morgan fingerprint density at radius 2 is 2.00 bits per heavy atom. The highest BCUT2D eigenvalue weighted by molar-refractivity contribution is 5.94. The molecular weight excluding hydrogens is 286 g/mol. The van der Waals surface area contributed by atoms with Gasteiger partial charge in [0.25, 0.3) is 5.91 Å². The van der Waals surface area contributed by atoms with Crippen molar-refractivity contribution in [1.82, 2.24) is 10.3 Å². The van der Waals surface area contributed by atoms with Crippen LogP contribution in [0.15, 0.2) is 36.5 Å². The second-order valence-corrected chi connectivity index (χ2v) is 5.63. The normalized spacial score (nSPS) is 10.4. The van der Waals surface area contributed by atoms with Crippen molar-refractivity contribution in [2.24, 2.45) is 0 Å². The molecule has 0 aliphatic carbocycles. The monoisotopic (exact) mass is 311 g/mol. The van der Waals surface area contributed by atoms with Gasteiger partial charge < -0.3 is 10.6 Å². The highest BCUT2D eigenvalue weighted by Crippen LogP contribution is 2.24. The van der Waals surface area contributed by atoms with Crippen molar-refractivity contribution >= 4 is 17.4 Å². The molecule has 2 N–H and O–H groups in total. The van der Waals surface area contributed by atoms with E-state index >= 15 is 0 Å². The van der Waals surface area contributed by atoms with E-state index in [1.165, 1.54) is 11.1 Å². The maximum Gasteiger partial charge on any atom is 0.252 e. The van der Waals surface area contributed by atoms with Crippen molar-refractivity contribution in [3.8, 4) is 0 Å². The number of para-hydroxylation sites is 1. The number of pyridine rings is 1. The summed E-state index contributed by atoms with van der Waals surface area (Å²) in [4.78, 5) is 16.3. The van der Waals surface area contributed by atoms with Crippen molar-refractivity contribution in [3.63, 3.8) is 0 Å². The van der Waals surface area contributed by atoms with Crippen LogP contribution in [0.25, 0.3) is 0 Å². The Morgan fingerprint density at radius 3 is 2.65 bits per heavy atom. The summed E-state index contributed by atoms with van der Waals surface area (Å²) in [5, 5.41) is 6.26. The molecule has 0 saturated heterocycles. The summed E-state index contributed by atoms with van der Waals surface area (Å²) in [6.07, 6.45) is 4.64. The fourth-order valence-corrected chi connectivity index (χ4v) is 2.41. The van der Waals surface area contributed by atoms with Crippen LogP contribution >= 0.6 is 0 Å². The van der Waals surface area contributed by atoms with Crippen molar-refractivity contribution in [3.05, 3.63) is 53.2 Å². The molecule has 1 aromatic carbocycles. The van der Waals surface area contributed by atoms with Crippen molar-refractivity contribution in [1.29, 1.82) is 0 Å². The molecule has 1 aromatic heterocycles. The number of hydrogen-bond donors (Lipinski definition) is 2. The number of carbonyl (C=O) groups excluding carboxylic acids is 1. The molecule has 0 aliphatic rings. The number of hydrogen-bond acceptors (Lipinski definition) is 3. The third-order valence-electron chi connectivity index (χ3n) is 3.83. The van der Waals surface area contributed by atoms with Crippen molar-refractivity contribution < 1.29 is 4.79 Å². The lowest BCUT2D eigenvalue weighted by molar-refractivity contribution is 0.0953. The van der Waals surface area contributed by atoms with E-state index < -0.39 is 0 Å². The van der Waals surface area contributed by atoms with Gasteiger partial charge in [0.2, 0.25) is 0 Å². The Kier molecular flexibility index (Phi) is 6.15. The van der Waals surface area contributed by atoms with Gasteiger partial charge in [-0.2, -0.15) is 0 Å². The molecule has 122 valence electrons. The first kappa shape index (κ1) is 17.0. The number of nitrogens with one attached hydrogen (secondary N) is 2. The predicted molar refractivity (Wildman–Crippen MR) is 95.3 cm³/mol. The number of anilines is 2. The van der Waals surface area contributed by atoms with Gasteiger partial charge in [0.1, 0.15) is 5.82 Å². The Balaban J connectivity index is 2.07. The Hall–Kier alpha value is -2.36. The molecule has 0 spiro atoms. The lowest BCUT2D eigenvalue weighted by Crippen LogP contribution is -2.24. The standard InChI is InChI=1S/C19H25N3O/c1-4-6-12-20-19(23)16-10-11-17(21-13-16)22-18-14(3)8-7-9-15(18)5-2/h7-11,13H,4-6,12H2,1-3H3,(H,20,23)(H,21,22). The highest BCUT2D eigenvalue weighted by atomic mass is 16.1. The van der Waals surface area contributed by atoms with E-state index in [2.05, 4.69) is 54.6 Å². The second kappa shape index (κ2) is 8.32. The molecule has 0 aliphatic heterocycles. The van der Waals surface area contributed by atoms with E-state index in [0.29, 0.717) is 12.1 Å². The van der Waals surface area contributed by atoms with Crippen LogP contribution in [0.1, 0.15) is 48.2 Å². The van der Waals surface area contributed by atoms with E-state index in [1.807, 2.05) is 6.07 Å². The third-order valence-corrected chi connectivity index (χ3v) is 3.83. The van der Waals surface area contributed by atoms with Crippen LogP contribution in [0, 0.1) is 6.92 Å². The summed E-state index contributed by atoms with van der Waals surface area (Å²) in [5.74, 6) is 0.682. The maximum atomic E-state index is 12.0. The summed E-state index contributed by atoms with van der Waals surface area (Å²) in [7, 11) is 0. The van der Waals surface area contributed by atoms with Gasteiger partial charge in [-0.05, 0) is 43.0 Å². The first-order valence-corrected chi connectivity index (χ1v) is 8.25. The molecule has 0 atom stereocenters. The van der Waals surface area contributed by atoms with E-state index in [1.54, 1.807) is 12.3 Å². The Bertz CT molecular complexity index is 650. The Labute approximate surface area is 138 Å². The first-order chi connectivity index (χ1) is 11.2. The fourth-order valence-electron chi connectivity index (χ4n) is 2.41. The lowest BCUT2D eigenvalue weighted by Gasteiger charge is -2.13. The van der Waals surface area contributed by atoms with E-state index in [9.17, 15) is 4.79 Å². The number of carbonyl (C=O) groups is 1. The summed E-state index contributed by atoms with van der Waals surface area (Å²) in [6, 6.07) is 9.92. The maximum absolute atomic E-state index is 12.0.